The van der Waals surface area contributed by atoms with E-state index in [1.165, 1.54) is 6.92 Å². The van der Waals surface area contributed by atoms with Crippen molar-refractivity contribution in [3.05, 3.63) is 34.9 Å². The van der Waals surface area contributed by atoms with Gasteiger partial charge in [-0.25, -0.2) is 0 Å². The van der Waals surface area contributed by atoms with Gasteiger partial charge in [0.1, 0.15) is 0 Å². The van der Waals surface area contributed by atoms with Crippen molar-refractivity contribution in [2.24, 2.45) is 0 Å². The largest absolute Gasteiger partial charge is 0.398 e. The van der Waals surface area contributed by atoms with Crippen LogP contribution in [-0.4, -0.2) is 12.5 Å². The normalized spacial score (nSPS) is 10.5. The second kappa shape index (κ2) is 5.41. The lowest BCUT2D eigenvalue weighted by Gasteiger charge is -2.00. The number of benzene rings is 1. The molecule has 0 atom stereocenters. The number of carbonyl (C=O) groups is 1. The Morgan fingerprint density at radius 1 is 1.60 bits per heavy atom. The van der Waals surface area contributed by atoms with Gasteiger partial charge in [0.25, 0.3) is 0 Å². The Labute approximate surface area is 93.9 Å². The number of hydrogen-bond acceptors (Lipinski definition) is 2. The van der Waals surface area contributed by atoms with E-state index >= 15 is 0 Å². The second-order valence-corrected chi connectivity index (χ2v) is 3.55. The first-order chi connectivity index (χ1) is 7.09. The molecule has 0 saturated carbocycles. The van der Waals surface area contributed by atoms with Gasteiger partial charge in [0.05, 0.1) is 0 Å². The number of nitrogen functional groups attached to an aromatic ring is 1. The number of nitrogens with two attached hydrogens (primary N) is 1. The molecule has 0 aliphatic rings. The summed E-state index contributed by atoms with van der Waals surface area (Å²) in [6, 6.07) is 5.27. The van der Waals surface area contributed by atoms with Gasteiger partial charge in [-0.3, -0.25) is 4.79 Å². The van der Waals surface area contributed by atoms with Crippen LogP contribution in [0, 0.1) is 0 Å². The first-order valence-corrected chi connectivity index (χ1v) is 4.93. The number of carbonyl (C=O) groups excluding carboxylic acids is 1. The van der Waals surface area contributed by atoms with Gasteiger partial charge in [0, 0.05) is 24.2 Å². The maximum absolute atomic E-state index is 10.6. The summed E-state index contributed by atoms with van der Waals surface area (Å²) in [5.74, 6) is -0.0567. The van der Waals surface area contributed by atoms with Gasteiger partial charge in [-0.2, -0.15) is 0 Å². The third-order valence-electron chi connectivity index (χ3n) is 1.82. The molecule has 3 N–H and O–H groups in total. The van der Waals surface area contributed by atoms with E-state index in [1.54, 1.807) is 18.2 Å². The average molecular weight is 225 g/mol. The number of anilines is 1. The van der Waals surface area contributed by atoms with Crippen LogP contribution in [0.2, 0.25) is 5.02 Å². The molecule has 0 heterocycles. The highest BCUT2D eigenvalue weighted by Crippen LogP contribution is 2.18. The summed E-state index contributed by atoms with van der Waals surface area (Å²) in [7, 11) is 0. The fourth-order valence-corrected chi connectivity index (χ4v) is 1.26. The maximum atomic E-state index is 10.6. The summed E-state index contributed by atoms with van der Waals surface area (Å²) in [6.45, 7) is 1.96. The topological polar surface area (TPSA) is 55.1 Å². The summed E-state index contributed by atoms with van der Waals surface area (Å²) in [6.07, 6.45) is 3.65. The van der Waals surface area contributed by atoms with E-state index in [1.807, 2.05) is 12.2 Å². The van der Waals surface area contributed by atoms with Crippen molar-refractivity contribution in [3.8, 4) is 0 Å². The van der Waals surface area contributed by atoms with Crippen LogP contribution in [0.1, 0.15) is 12.5 Å². The molecule has 0 unspecified atom stereocenters. The molecule has 0 aliphatic heterocycles. The minimum Gasteiger partial charge on any atom is -0.398 e. The van der Waals surface area contributed by atoms with E-state index in [0.29, 0.717) is 17.3 Å². The molecule has 4 heteroatoms. The number of nitrogens with one attached hydrogen (secondary N) is 1. The van der Waals surface area contributed by atoms with Crippen molar-refractivity contribution >= 4 is 29.3 Å². The third kappa shape index (κ3) is 4.04. The minimum atomic E-state index is -0.0567. The monoisotopic (exact) mass is 224 g/mol. The van der Waals surface area contributed by atoms with Crippen LogP contribution in [0.4, 0.5) is 5.69 Å². The van der Waals surface area contributed by atoms with Crippen LogP contribution in [0.3, 0.4) is 0 Å². The summed E-state index contributed by atoms with van der Waals surface area (Å²) in [5, 5.41) is 3.29. The Morgan fingerprint density at radius 3 is 3.00 bits per heavy atom. The van der Waals surface area contributed by atoms with Crippen LogP contribution in [0.25, 0.3) is 6.08 Å². The van der Waals surface area contributed by atoms with Crippen LogP contribution in [0.5, 0.6) is 0 Å². The zero-order chi connectivity index (χ0) is 11.3. The molecular formula is C11H13ClN2O. The third-order valence-corrected chi connectivity index (χ3v) is 2.05. The minimum absolute atomic E-state index is 0.0567. The van der Waals surface area contributed by atoms with Crippen molar-refractivity contribution in [2.75, 3.05) is 12.3 Å². The summed E-state index contributed by atoms with van der Waals surface area (Å²) in [4.78, 5) is 10.6. The highest BCUT2D eigenvalue weighted by Gasteiger charge is 1.95. The highest BCUT2D eigenvalue weighted by atomic mass is 35.5. The van der Waals surface area contributed by atoms with Crippen molar-refractivity contribution in [3.63, 3.8) is 0 Å². The highest BCUT2D eigenvalue weighted by molar-refractivity contribution is 6.30. The summed E-state index contributed by atoms with van der Waals surface area (Å²) >= 11 is 5.82. The molecule has 0 aromatic heterocycles. The summed E-state index contributed by atoms with van der Waals surface area (Å²) < 4.78 is 0. The molecule has 0 aliphatic carbocycles. The second-order valence-electron chi connectivity index (χ2n) is 3.11. The Bertz CT molecular complexity index is 388. The molecule has 1 aromatic rings. The molecule has 0 saturated heterocycles. The quantitative estimate of drug-likeness (QED) is 0.773. The standard InChI is InChI=1S/C11H13ClN2O/c1-8(15)14-6-2-3-9-7-10(12)4-5-11(9)13/h2-5,7H,6,13H2,1H3,(H,14,15). The molecule has 1 aromatic carbocycles. The molecule has 1 rings (SSSR count). The van der Waals surface area contributed by atoms with Gasteiger partial charge in [-0.15, -0.1) is 0 Å². The van der Waals surface area contributed by atoms with Gasteiger partial charge in [0.15, 0.2) is 0 Å². The lowest BCUT2D eigenvalue weighted by Crippen LogP contribution is -2.19. The van der Waals surface area contributed by atoms with Crippen LogP contribution >= 0.6 is 11.6 Å². The molecular weight excluding hydrogens is 212 g/mol. The van der Waals surface area contributed by atoms with E-state index in [0.717, 1.165) is 5.56 Å². The fourth-order valence-electron chi connectivity index (χ4n) is 1.08. The van der Waals surface area contributed by atoms with E-state index in [-0.39, 0.29) is 5.91 Å². The van der Waals surface area contributed by atoms with Crippen LogP contribution in [0.15, 0.2) is 24.3 Å². The molecule has 0 spiro atoms. The van der Waals surface area contributed by atoms with E-state index in [2.05, 4.69) is 5.32 Å². The Morgan fingerprint density at radius 2 is 2.33 bits per heavy atom. The number of rotatable bonds is 3. The number of hydrogen-bond donors (Lipinski definition) is 2. The van der Waals surface area contributed by atoms with E-state index in [4.69, 9.17) is 17.3 Å². The molecule has 80 valence electrons. The van der Waals surface area contributed by atoms with Gasteiger partial charge >= 0.3 is 0 Å². The Kier molecular flexibility index (Phi) is 4.18. The fraction of sp³-hybridized carbons (Fsp3) is 0.182. The summed E-state index contributed by atoms with van der Waals surface area (Å²) in [5.41, 5.74) is 7.25. The SMILES string of the molecule is CC(=O)NCC=Cc1cc(Cl)ccc1N. The van der Waals surface area contributed by atoms with Crippen molar-refractivity contribution < 1.29 is 4.79 Å². The molecule has 0 fully saturated rings. The number of halogens is 1. The van der Waals surface area contributed by atoms with E-state index in [9.17, 15) is 4.79 Å². The van der Waals surface area contributed by atoms with E-state index < -0.39 is 0 Å². The number of amides is 1. The first kappa shape index (κ1) is 11.6. The van der Waals surface area contributed by atoms with Gasteiger partial charge < -0.3 is 11.1 Å². The predicted octanol–water partition coefficient (Wildman–Crippen LogP) is 2.07. The van der Waals surface area contributed by atoms with Gasteiger partial charge in [-0.1, -0.05) is 23.8 Å². The first-order valence-electron chi connectivity index (χ1n) is 4.55. The van der Waals surface area contributed by atoms with Crippen molar-refractivity contribution in [1.29, 1.82) is 0 Å². The zero-order valence-electron chi connectivity index (χ0n) is 8.46. The van der Waals surface area contributed by atoms with Crippen molar-refractivity contribution in [1.82, 2.24) is 5.32 Å². The molecule has 15 heavy (non-hydrogen) atoms. The molecule has 0 radical (unpaired) electrons. The zero-order valence-corrected chi connectivity index (χ0v) is 9.21. The van der Waals surface area contributed by atoms with Crippen LogP contribution in [-0.2, 0) is 4.79 Å². The lowest BCUT2D eigenvalue weighted by molar-refractivity contribution is -0.118. The van der Waals surface area contributed by atoms with Gasteiger partial charge in [-0.05, 0) is 23.8 Å². The Balaban J connectivity index is 2.63. The maximum Gasteiger partial charge on any atom is 0.217 e. The van der Waals surface area contributed by atoms with Crippen molar-refractivity contribution in [2.45, 2.75) is 6.92 Å². The lowest BCUT2D eigenvalue weighted by atomic mass is 10.1. The molecule has 0 bridgehead atoms. The molecule has 1 amide bonds. The van der Waals surface area contributed by atoms with Crippen LogP contribution < -0.4 is 11.1 Å². The van der Waals surface area contributed by atoms with Gasteiger partial charge in [0.2, 0.25) is 5.91 Å². The smallest absolute Gasteiger partial charge is 0.217 e. The average Bonchev–Trinajstić information content (AvgIpc) is 2.17. The predicted molar refractivity (Wildman–Crippen MR) is 63.6 cm³/mol. The Hall–Kier alpha value is -1.48. The molecule has 3 nitrogen and oxygen atoms in total.